The van der Waals surface area contributed by atoms with Crippen LogP contribution in [0.3, 0.4) is 0 Å². The van der Waals surface area contributed by atoms with Gasteiger partial charge in [0.2, 0.25) is 0 Å². The molecule has 1 aromatic heterocycles. The van der Waals surface area contributed by atoms with Crippen LogP contribution in [0.5, 0.6) is 0 Å². The summed E-state index contributed by atoms with van der Waals surface area (Å²) >= 11 is 0. The number of carbonyl (C=O) groups excluding carboxylic acids is 1. The van der Waals surface area contributed by atoms with Gasteiger partial charge < -0.3 is 9.32 Å². The van der Waals surface area contributed by atoms with Crippen LogP contribution in [0.4, 0.5) is 5.69 Å². The molecular weight excluding hydrogens is 278 g/mol. The van der Waals surface area contributed by atoms with E-state index in [1.807, 2.05) is 0 Å². The van der Waals surface area contributed by atoms with Gasteiger partial charge >= 0.3 is 5.63 Å². The fourth-order valence-corrected chi connectivity index (χ4v) is 3.83. The Labute approximate surface area is 128 Å². The predicted molar refractivity (Wildman–Crippen MR) is 86.0 cm³/mol. The molecule has 0 N–H and O–H groups in total. The van der Waals surface area contributed by atoms with E-state index >= 15 is 0 Å². The first kappa shape index (κ1) is 13.6. The number of anilines is 1. The summed E-state index contributed by atoms with van der Waals surface area (Å²) in [4.78, 5) is 26.5. The van der Waals surface area contributed by atoms with Crippen molar-refractivity contribution in [3.8, 4) is 0 Å². The number of rotatable bonds is 2. The van der Waals surface area contributed by atoms with Gasteiger partial charge in [-0.15, -0.1) is 0 Å². The van der Waals surface area contributed by atoms with E-state index in [1.165, 1.54) is 11.3 Å². The van der Waals surface area contributed by atoms with Crippen molar-refractivity contribution >= 4 is 22.4 Å². The first-order valence-electron chi connectivity index (χ1n) is 8.10. The number of ketones is 1. The third-order valence-corrected chi connectivity index (χ3v) is 4.84. The molecule has 1 aromatic carbocycles. The van der Waals surface area contributed by atoms with Crippen LogP contribution in [0.15, 0.2) is 21.3 Å². The molecule has 0 amide bonds. The van der Waals surface area contributed by atoms with Gasteiger partial charge in [0, 0.05) is 36.1 Å². The van der Waals surface area contributed by atoms with Crippen LogP contribution in [-0.2, 0) is 12.8 Å². The minimum absolute atomic E-state index is 0.149. The summed E-state index contributed by atoms with van der Waals surface area (Å²) in [6, 6.07) is 3.85. The molecule has 2 aliphatic heterocycles. The monoisotopic (exact) mass is 297 g/mol. The lowest BCUT2D eigenvalue weighted by molar-refractivity contribution is 0.0985. The molecule has 0 spiro atoms. The van der Waals surface area contributed by atoms with E-state index in [1.54, 1.807) is 13.0 Å². The predicted octanol–water partition coefficient (Wildman–Crippen LogP) is 3.08. The number of hydrogen-bond donors (Lipinski definition) is 0. The third kappa shape index (κ3) is 1.90. The smallest absolute Gasteiger partial charge is 0.347 e. The highest BCUT2D eigenvalue weighted by Gasteiger charge is 2.27. The van der Waals surface area contributed by atoms with Crippen molar-refractivity contribution < 1.29 is 9.21 Å². The van der Waals surface area contributed by atoms with Crippen molar-refractivity contribution in [2.45, 2.75) is 39.0 Å². The van der Waals surface area contributed by atoms with Crippen molar-refractivity contribution in [2.75, 3.05) is 18.0 Å². The largest absolute Gasteiger partial charge is 0.422 e. The van der Waals surface area contributed by atoms with Gasteiger partial charge in [0.05, 0.1) is 0 Å². The topological polar surface area (TPSA) is 50.5 Å². The number of fused-ring (bicyclic) bond motifs is 2. The zero-order chi connectivity index (χ0) is 15.3. The molecule has 4 rings (SSSR count). The standard InChI is InChI=1S/C18H19NO3/c1-2-15(20)14-10-12-9-11-5-3-7-19-8-4-6-13(16(11)19)17(12)22-18(14)21/h9-10H,2-8H2,1H3. The molecule has 0 atom stereocenters. The van der Waals surface area contributed by atoms with Gasteiger partial charge in [-0.2, -0.15) is 0 Å². The van der Waals surface area contributed by atoms with Crippen molar-refractivity contribution in [3.63, 3.8) is 0 Å². The number of nitrogens with zero attached hydrogens (tertiary/aromatic N) is 1. The molecule has 0 saturated carbocycles. The Hall–Kier alpha value is -2.10. The van der Waals surface area contributed by atoms with E-state index in [-0.39, 0.29) is 11.3 Å². The average Bonchev–Trinajstić information content (AvgIpc) is 2.55. The number of hydrogen-bond acceptors (Lipinski definition) is 4. The van der Waals surface area contributed by atoms with E-state index in [4.69, 9.17) is 4.42 Å². The van der Waals surface area contributed by atoms with E-state index < -0.39 is 5.63 Å². The fraction of sp³-hybridized carbons (Fsp3) is 0.444. The van der Waals surface area contributed by atoms with Crippen molar-refractivity contribution in [1.29, 1.82) is 0 Å². The molecular formula is C18H19NO3. The second-order valence-electron chi connectivity index (χ2n) is 6.20. The van der Waals surface area contributed by atoms with Crippen LogP contribution in [0.1, 0.15) is 47.7 Å². The summed E-state index contributed by atoms with van der Waals surface area (Å²) in [7, 11) is 0. The zero-order valence-electron chi connectivity index (χ0n) is 12.8. The zero-order valence-corrected chi connectivity index (χ0v) is 12.8. The minimum atomic E-state index is -0.497. The molecule has 0 aliphatic carbocycles. The molecule has 114 valence electrons. The summed E-state index contributed by atoms with van der Waals surface area (Å²) in [5, 5.41) is 0.897. The average molecular weight is 297 g/mol. The van der Waals surface area contributed by atoms with Gasteiger partial charge in [0.1, 0.15) is 11.1 Å². The lowest BCUT2D eigenvalue weighted by atomic mass is 9.90. The maximum atomic E-state index is 12.2. The fourth-order valence-electron chi connectivity index (χ4n) is 3.83. The lowest BCUT2D eigenvalue weighted by Gasteiger charge is -2.37. The molecule has 0 unspecified atom stereocenters. The van der Waals surface area contributed by atoms with E-state index in [0.29, 0.717) is 12.0 Å². The van der Waals surface area contributed by atoms with Gasteiger partial charge in [-0.3, -0.25) is 4.79 Å². The van der Waals surface area contributed by atoms with Crippen molar-refractivity contribution in [2.24, 2.45) is 0 Å². The Kier molecular flexibility index (Phi) is 3.06. The Bertz CT molecular complexity index is 832. The molecule has 0 bridgehead atoms. The molecule has 4 nitrogen and oxygen atoms in total. The number of carbonyl (C=O) groups is 1. The normalized spacial score (nSPS) is 16.7. The van der Waals surface area contributed by atoms with E-state index in [9.17, 15) is 9.59 Å². The minimum Gasteiger partial charge on any atom is -0.422 e. The maximum Gasteiger partial charge on any atom is 0.347 e. The summed E-state index contributed by atoms with van der Waals surface area (Å²) in [5.41, 5.74) is 4.14. The van der Waals surface area contributed by atoms with Crippen LogP contribution in [-0.4, -0.2) is 18.9 Å². The second-order valence-corrected chi connectivity index (χ2v) is 6.20. The van der Waals surface area contributed by atoms with Crippen LogP contribution in [0, 0.1) is 0 Å². The van der Waals surface area contributed by atoms with Gasteiger partial charge in [-0.1, -0.05) is 6.92 Å². The van der Waals surface area contributed by atoms with Crippen LogP contribution in [0.2, 0.25) is 0 Å². The molecule has 3 heterocycles. The van der Waals surface area contributed by atoms with Crippen molar-refractivity contribution in [1.82, 2.24) is 0 Å². The molecule has 0 radical (unpaired) electrons. The SMILES string of the molecule is CCC(=O)c1cc2cc3c4c(c2oc1=O)CCCN4CCC3. The first-order valence-corrected chi connectivity index (χ1v) is 8.10. The Morgan fingerprint density at radius 1 is 1.23 bits per heavy atom. The summed E-state index contributed by atoms with van der Waals surface area (Å²) in [5.74, 6) is -0.149. The molecule has 4 heteroatoms. The van der Waals surface area contributed by atoms with E-state index in [0.717, 1.165) is 49.7 Å². The highest BCUT2D eigenvalue weighted by Crippen LogP contribution is 2.39. The van der Waals surface area contributed by atoms with Crippen molar-refractivity contribution in [3.05, 3.63) is 39.2 Å². The third-order valence-electron chi connectivity index (χ3n) is 4.84. The number of aryl methyl sites for hydroxylation is 2. The van der Waals surface area contributed by atoms with Gasteiger partial charge in [0.15, 0.2) is 5.78 Å². The highest BCUT2D eigenvalue weighted by atomic mass is 16.4. The Morgan fingerprint density at radius 3 is 2.77 bits per heavy atom. The molecule has 2 aromatic rings. The Balaban J connectivity index is 2.02. The molecule has 2 aliphatic rings. The second kappa shape index (κ2) is 4.97. The van der Waals surface area contributed by atoms with Crippen LogP contribution < -0.4 is 10.5 Å². The molecule has 0 fully saturated rings. The van der Waals surface area contributed by atoms with Gasteiger partial charge in [-0.05, 0) is 43.4 Å². The molecule has 22 heavy (non-hydrogen) atoms. The molecule has 0 saturated heterocycles. The van der Waals surface area contributed by atoms with Crippen LogP contribution >= 0.6 is 0 Å². The quantitative estimate of drug-likeness (QED) is 0.631. The van der Waals surface area contributed by atoms with Gasteiger partial charge in [0.25, 0.3) is 0 Å². The number of benzene rings is 1. The summed E-state index contributed by atoms with van der Waals surface area (Å²) in [6.45, 7) is 3.94. The Morgan fingerprint density at radius 2 is 2.00 bits per heavy atom. The van der Waals surface area contributed by atoms with Gasteiger partial charge in [-0.25, -0.2) is 4.79 Å². The lowest BCUT2D eigenvalue weighted by Crippen LogP contribution is -2.34. The first-order chi connectivity index (χ1) is 10.7. The highest BCUT2D eigenvalue weighted by molar-refractivity contribution is 5.99. The maximum absolute atomic E-state index is 12.2. The summed E-state index contributed by atoms with van der Waals surface area (Å²) in [6.07, 6.45) is 4.58. The van der Waals surface area contributed by atoms with E-state index in [2.05, 4.69) is 11.0 Å². The van der Waals surface area contributed by atoms with Crippen LogP contribution in [0.25, 0.3) is 11.0 Å². The summed E-state index contributed by atoms with van der Waals surface area (Å²) < 4.78 is 5.58. The number of Topliss-reactive ketones (excluding diaryl/α,β-unsaturated/α-hetero) is 1.